The number of carboxylic acids is 1. The molecule has 0 aliphatic carbocycles. The molecule has 41 heavy (non-hydrogen) atoms. The van der Waals surface area contributed by atoms with Crippen molar-refractivity contribution in [3.8, 4) is 6.07 Å². The van der Waals surface area contributed by atoms with E-state index in [2.05, 4.69) is 32.1 Å². The van der Waals surface area contributed by atoms with Crippen molar-refractivity contribution >= 4 is 29.3 Å². The average molecular weight is 602 g/mol. The fourth-order valence-electron chi connectivity index (χ4n) is 3.77. The molecule has 1 amide bonds. The van der Waals surface area contributed by atoms with Gasteiger partial charge in [0.2, 0.25) is 5.82 Å². The van der Waals surface area contributed by atoms with E-state index in [1.165, 1.54) is 23.3 Å². The van der Waals surface area contributed by atoms with Crippen LogP contribution in [0.2, 0.25) is 5.02 Å². The van der Waals surface area contributed by atoms with Crippen LogP contribution in [-0.2, 0) is 11.3 Å². The predicted molar refractivity (Wildman–Crippen MR) is 144 cm³/mol. The monoisotopic (exact) mass is 601 g/mol. The van der Waals surface area contributed by atoms with Gasteiger partial charge in [-0.25, -0.2) is 24.6 Å². The van der Waals surface area contributed by atoms with Crippen molar-refractivity contribution in [1.29, 1.82) is 5.26 Å². The third-order valence-corrected chi connectivity index (χ3v) is 6.10. The maximum absolute atomic E-state index is 14.7. The SMILES string of the molecule is CCCN1CCN(Cc2cc(C(=O)N(NCC(C)C)c3nc(C#N)ncc3Cl)ccc2F)CC1.O=C(O)C(F)(F)F. The van der Waals surface area contributed by atoms with Gasteiger partial charge in [-0.05, 0) is 37.1 Å². The lowest BCUT2D eigenvalue weighted by Crippen LogP contribution is -2.46. The van der Waals surface area contributed by atoms with Gasteiger partial charge in [-0.3, -0.25) is 9.69 Å². The molecule has 0 unspecified atom stereocenters. The Labute approximate surface area is 240 Å². The zero-order valence-electron chi connectivity index (χ0n) is 22.9. The number of benzene rings is 1. The summed E-state index contributed by atoms with van der Waals surface area (Å²) >= 11 is 6.28. The number of aromatic nitrogens is 2. The van der Waals surface area contributed by atoms with Crippen LogP contribution in [0.4, 0.5) is 23.4 Å². The minimum atomic E-state index is -5.08. The van der Waals surface area contributed by atoms with Gasteiger partial charge in [-0.15, -0.1) is 0 Å². The van der Waals surface area contributed by atoms with E-state index in [0.29, 0.717) is 24.2 Å². The van der Waals surface area contributed by atoms with Gasteiger partial charge in [0.25, 0.3) is 5.91 Å². The number of carboxylic acid groups (broad SMARTS) is 1. The summed E-state index contributed by atoms with van der Waals surface area (Å²) in [6, 6.07) is 6.21. The first-order valence-corrected chi connectivity index (χ1v) is 13.2. The molecule has 0 radical (unpaired) electrons. The van der Waals surface area contributed by atoms with E-state index in [4.69, 9.17) is 21.5 Å². The van der Waals surface area contributed by atoms with Crippen LogP contribution in [0.1, 0.15) is 48.9 Å². The highest BCUT2D eigenvalue weighted by Crippen LogP contribution is 2.24. The lowest BCUT2D eigenvalue weighted by molar-refractivity contribution is -0.192. The van der Waals surface area contributed by atoms with Crippen molar-refractivity contribution in [2.24, 2.45) is 5.92 Å². The van der Waals surface area contributed by atoms with Crippen LogP contribution in [0.3, 0.4) is 0 Å². The molecular weight excluding hydrogens is 570 g/mol. The largest absolute Gasteiger partial charge is 0.490 e. The highest BCUT2D eigenvalue weighted by Gasteiger charge is 2.38. The number of aliphatic carboxylic acids is 1. The molecule has 0 spiro atoms. The van der Waals surface area contributed by atoms with E-state index >= 15 is 0 Å². The van der Waals surface area contributed by atoms with Gasteiger partial charge >= 0.3 is 12.1 Å². The fraction of sp³-hybridized carbons (Fsp3) is 0.500. The number of hydrogen-bond acceptors (Lipinski definition) is 8. The first-order valence-electron chi connectivity index (χ1n) is 12.8. The molecule has 0 atom stereocenters. The highest BCUT2D eigenvalue weighted by molar-refractivity contribution is 6.33. The summed E-state index contributed by atoms with van der Waals surface area (Å²) in [5, 5.41) is 17.6. The zero-order valence-corrected chi connectivity index (χ0v) is 23.6. The molecule has 1 aromatic heterocycles. The zero-order chi connectivity index (χ0) is 30.7. The smallest absolute Gasteiger partial charge is 0.475 e. The molecule has 1 fully saturated rings. The van der Waals surface area contributed by atoms with Gasteiger partial charge in [0.1, 0.15) is 16.9 Å². The number of alkyl halides is 3. The molecule has 1 saturated heterocycles. The van der Waals surface area contributed by atoms with Crippen molar-refractivity contribution in [3.05, 3.63) is 52.2 Å². The van der Waals surface area contributed by atoms with Crippen molar-refractivity contribution in [2.75, 3.05) is 44.3 Å². The van der Waals surface area contributed by atoms with Gasteiger partial charge < -0.3 is 10.0 Å². The second-order valence-electron chi connectivity index (χ2n) is 9.60. The number of hydrazine groups is 1. The second-order valence-corrected chi connectivity index (χ2v) is 10.0. The lowest BCUT2D eigenvalue weighted by Gasteiger charge is -2.34. The molecule has 1 aliphatic rings. The van der Waals surface area contributed by atoms with Crippen molar-refractivity contribution < 1.29 is 32.3 Å². The van der Waals surface area contributed by atoms with Crippen LogP contribution >= 0.6 is 11.6 Å². The molecule has 2 aromatic rings. The van der Waals surface area contributed by atoms with Gasteiger partial charge in [0.15, 0.2) is 5.82 Å². The van der Waals surface area contributed by atoms with Gasteiger partial charge in [0.05, 0.1) is 6.20 Å². The number of carbonyl (C=O) groups is 2. The summed E-state index contributed by atoms with van der Waals surface area (Å²) < 4.78 is 46.4. The third kappa shape index (κ3) is 10.5. The summed E-state index contributed by atoms with van der Waals surface area (Å²) in [4.78, 5) is 35.0. The van der Waals surface area contributed by atoms with Crippen LogP contribution in [0.15, 0.2) is 24.4 Å². The van der Waals surface area contributed by atoms with E-state index in [1.807, 2.05) is 19.9 Å². The Morgan fingerprint density at radius 1 is 1.22 bits per heavy atom. The molecule has 2 heterocycles. The Morgan fingerprint density at radius 2 is 1.83 bits per heavy atom. The fourth-order valence-corrected chi connectivity index (χ4v) is 3.95. The Morgan fingerprint density at radius 3 is 2.37 bits per heavy atom. The number of anilines is 1. The Hall–Kier alpha value is -3.38. The summed E-state index contributed by atoms with van der Waals surface area (Å²) in [6.45, 7) is 11.7. The van der Waals surface area contributed by atoms with E-state index in [-0.39, 0.29) is 28.4 Å². The first kappa shape index (κ1) is 33.8. The quantitative estimate of drug-likeness (QED) is 0.323. The summed E-state index contributed by atoms with van der Waals surface area (Å²) in [7, 11) is 0. The van der Waals surface area contributed by atoms with Gasteiger partial charge in [-0.2, -0.15) is 23.4 Å². The molecule has 15 heteroatoms. The summed E-state index contributed by atoms with van der Waals surface area (Å²) in [5.74, 6) is -3.35. The topological polar surface area (TPSA) is 126 Å². The summed E-state index contributed by atoms with van der Waals surface area (Å²) in [6.07, 6.45) is -2.68. The molecule has 10 nitrogen and oxygen atoms in total. The maximum Gasteiger partial charge on any atom is 0.490 e. The Balaban J connectivity index is 0.000000745. The number of piperazine rings is 1. The number of nitrogens with zero attached hydrogens (tertiary/aromatic N) is 6. The molecule has 0 bridgehead atoms. The molecule has 2 N–H and O–H groups in total. The van der Waals surface area contributed by atoms with Crippen LogP contribution in [0, 0.1) is 23.1 Å². The van der Waals surface area contributed by atoms with Gasteiger partial charge in [0, 0.05) is 50.4 Å². The van der Waals surface area contributed by atoms with E-state index in [0.717, 1.165) is 39.1 Å². The van der Waals surface area contributed by atoms with E-state index < -0.39 is 18.1 Å². The third-order valence-electron chi connectivity index (χ3n) is 5.83. The van der Waals surface area contributed by atoms with Crippen molar-refractivity contribution in [1.82, 2.24) is 25.2 Å². The molecule has 0 saturated carbocycles. The number of halogens is 5. The summed E-state index contributed by atoms with van der Waals surface area (Å²) in [5.41, 5.74) is 3.81. The molecule has 1 aromatic carbocycles. The van der Waals surface area contributed by atoms with E-state index in [9.17, 15) is 27.6 Å². The predicted octanol–water partition coefficient (Wildman–Crippen LogP) is 4.11. The number of nitrogens with one attached hydrogen (secondary N) is 1. The Kier molecular flexibility index (Phi) is 12.8. The number of rotatable bonds is 9. The minimum Gasteiger partial charge on any atom is -0.475 e. The van der Waals surface area contributed by atoms with Crippen molar-refractivity contribution in [3.63, 3.8) is 0 Å². The highest BCUT2D eigenvalue weighted by atomic mass is 35.5. The number of hydrogen-bond donors (Lipinski definition) is 2. The molecule has 224 valence electrons. The Bertz CT molecular complexity index is 1230. The van der Waals surface area contributed by atoms with Crippen LogP contribution in [-0.4, -0.2) is 82.2 Å². The number of carbonyl (C=O) groups excluding carboxylic acids is 1. The number of amides is 1. The van der Waals surface area contributed by atoms with Crippen LogP contribution in [0.25, 0.3) is 0 Å². The molecule has 1 aliphatic heterocycles. The lowest BCUT2D eigenvalue weighted by atomic mass is 10.1. The molecular formula is C26H32ClF4N7O3. The number of nitriles is 1. The maximum atomic E-state index is 14.7. The van der Waals surface area contributed by atoms with E-state index in [1.54, 1.807) is 6.07 Å². The molecule has 3 rings (SSSR count). The second kappa shape index (κ2) is 15.6. The van der Waals surface area contributed by atoms with Gasteiger partial charge in [-0.1, -0.05) is 32.4 Å². The average Bonchev–Trinajstić information content (AvgIpc) is 2.91. The normalized spacial score (nSPS) is 14.2. The van der Waals surface area contributed by atoms with Crippen LogP contribution < -0.4 is 10.4 Å². The minimum absolute atomic E-state index is 0.0804. The van der Waals surface area contributed by atoms with Crippen LogP contribution in [0.5, 0.6) is 0 Å². The first-order chi connectivity index (χ1) is 19.3. The standard InChI is InChI=1S/C24H31ClFN7O.C2HF3O2/c1-4-7-31-8-10-32(11-9-31)16-19-12-18(5-6-21(19)26)24(34)33(29-14-17(2)3)23-20(25)15-28-22(13-27)30-23;3-2(4,5)1(6)7/h5-6,12,15,17,29H,4,7-11,14,16H2,1-3H3;(H,6,7). The van der Waals surface area contributed by atoms with Crippen molar-refractivity contribution in [2.45, 2.75) is 39.9 Å².